The van der Waals surface area contributed by atoms with Crippen molar-refractivity contribution in [3.05, 3.63) is 23.8 Å². The predicted octanol–water partition coefficient (Wildman–Crippen LogP) is 2.58. The van der Waals surface area contributed by atoms with Crippen molar-refractivity contribution in [1.82, 2.24) is 0 Å². The second kappa shape index (κ2) is 3.29. The molecule has 0 unspecified atom stereocenters. The highest BCUT2D eigenvalue weighted by molar-refractivity contribution is 5.54. The van der Waals surface area contributed by atoms with Crippen LogP contribution in [0.4, 0.5) is 5.69 Å². The van der Waals surface area contributed by atoms with Crippen LogP contribution >= 0.6 is 0 Å². The second-order valence-corrected chi connectivity index (χ2v) is 3.54. The van der Waals surface area contributed by atoms with Gasteiger partial charge in [-0.05, 0) is 31.4 Å². The standard InChI is InChI=1S/C11H15NO/c1-8-3-4-10(7-11(8)12-2)13-9-5-6-9/h3-4,7,9,12H,5-6H2,1-2H3. The maximum Gasteiger partial charge on any atom is 0.121 e. The van der Waals surface area contributed by atoms with E-state index in [0.717, 1.165) is 11.4 Å². The summed E-state index contributed by atoms with van der Waals surface area (Å²) in [5.41, 5.74) is 2.41. The van der Waals surface area contributed by atoms with Gasteiger partial charge in [-0.25, -0.2) is 0 Å². The monoisotopic (exact) mass is 177 g/mol. The average Bonchev–Trinajstić information content (AvgIpc) is 2.92. The Morgan fingerprint density at radius 2 is 2.15 bits per heavy atom. The molecule has 0 aliphatic heterocycles. The van der Waals surface area contributed by atoms with Crippen molar-refractivity contribution in [2.45, 2.75) is 25.9 Å². The van der Waals surface area contributed by atoms with Crippen LogP contribution in [0.25, 0.3) is 0 Å². The normalized spacial score (nSPS) is 15.5. The minimum absolute atomic E-state index is 0.479. The third-order valence-corrected chi connectivity index (χ3v) is 2.31. The predicted molar refractivity (Wildman–Crippen MR) is 54.4 cm³/mol. The van der Waals surface area contributed by atoms with E-state index in [9.17, 15) is 0 Å². The number of hydrogen-bond donors (Lipinski definition) is 1. The van der Waals surface area contributed by atoms with Gasteiger partial charge in [-0.1, -0.05) is 6.07 Å². The minimum atomic E-state index is 0.479. The molecule has 2 nitrogen and oxygen atoms in total. The maximum atomic E-state index is 5.68. The van der Waals surface area contributed by atoms with Gasteiger partial charge in [0.25, 0.3) is 0 Å². The van der Waals surface area contributed by atoms with Crippen LogP contribution in [0, 0.1) is 6.92 Å². The fourth-order valence-electron chi connectivity index (χ4n) is 1.32. The van der Waals surface area contributed by atoms with Gasteiger partial charge in [0.2, 0.25) is 0 Å². The first kappa shape index (κ1) is 8.42. The molecule has 1 fully saturated rings. The number of aryl methyl sites for hydroxylation is 1. The molecule has 0 spiro atoms. The van der Waals surface area contributed by atoms with Crippen molar-refractivity contribution in [3.63, 3.8) is 0 Å². The van der Waals surface area contributed by atoms with Crippen LogP contribution in [0.3, 0.4) is 0 Å². The fourth-order valence-corrected chi connectivity index (χ4v) is 1.32. The van der Waals surface area contributed by atoms with Gasteiger partial charge >= 0.3 is 0 Å². The van der Waals surface area contributed by atoms with E-state index in [1.165, 1.54) is 18.4 Å². The Hall–Kier alpha value is -1.18. The lowest BCUT2D eigenvalue weighted by molar-refractivity contribution is 0.303. The summed E-state index contributed by atoms with van der Waals surface area (Å²) < 4.78 is 5.68. The topological polar surface area (TPSA) is 21.3 Å². The minimum Gasteiger partial charge on any atom is -0.490 e. The third-order valence-electron chi connectivity index (χ3n) is 2.31. The first-order valence-electron chi connectivity index (χ1n) is 4.74. The van der Waals surface area contributed by atoms with E-state index >= 15 is 0 Å². The molecule has 70 valence electrons. The Bertz CT molecular complexity index is 305. The summed E-state index contributed by atoms with van der Waals surface area (Å²) in [6.45, 7) is 2.09. The van der Waals surface area contributed by atoms with Crippen LogP contribution in [-0.4, -0.2) is 13.2 Å². The first-order valence-corrected chi connectivity index (χ1v) is 4.74. The molecule has 1 N–H and O–H groups in total. The lowest BCUT2D eigenvalue weighted by Crippen LogP contribution is -1.98. The molecule has 0 bridgehead atoms. The van der Waals surface area contributed by atoms with E-state index in [1.54, 1.807) is 0 Å². The molecule has 0 aromatic heterocycles. The largest absolute Gasteiger partial charge is 0.490 e. The number of nitrogens with one attached hydrogen (secondary N) is 1. The zero-order chi connectivity index (χ0) is 9.26. The summed E-state index contributed by atoms with van der Waals surface area (Å²) in [5.74, 6) is 0.984. The van der Waals surface area contributed by atoms with Crippen molar-refractivity contribution in [1.29, 1.82) is 0 Å². The van der Waals surface area contributed by atoms with Crippen molar-refractivity contribution >= 4 is 5.69 Å². The first-order chi connectivity index (χ1) is 6.29. The van der Waals surface area contributed by atoms with Crippen LogP contribution in [-0.2, 0) is 0 Å². The highest BCUT2D eigenvalue weighted by Gasteiger charge is 2.23. The average molecular weight is 177 g/mol. The molecular weight excluding hydrogens is 162 g/mol. The Balaban J connectivity index is 2.16. The summed E-state index contributed by atoms with van der Waals surface area (Å²) in [5, 5.41) is 3.15. The van der Waals surface area contributed by atoms with Crippen LogP contribution in [0.2, 0.25) is 0 Å². The van der Waals surface area contributed by atoms with Gasteiger partial charge < -0.3 is 10.1 Å². The highest BCUT2D eigenvalue weighted by Crippen LogP contribution is 2.29. The van der Waals surface area contributed by atoms with Crippen molar-refractivity contribution in [3.8, 4) is 5.75 Å². The zero-order valence-electron chi connectivity index (χ0n) is 8.13. The molecule has 1 aliphatic carbocycles. The summed E-state index contributed by atoms with van der Waals surface area (Å²) >= 11 is 0. The maximum absolute atomic E-state index is 5.68. The molecule has 1 aromatic carbocycles. The number of hydrogen-bond acceptors (Lipinski definition) is 2. The summed E-state index contributed by atoms with van der Waals surface area (Å²) in [4.78, 5) is 0. The van der Waals surface area contributed by atoms with Gasteiger partial charge in [-0.15, -0.1) is 0 Å². The summed E-state index contributed by atoms with van der Waals surface area (Å²) in [6.07, 6.45) is 2.90. The van der Waals surface area contributed by atoms with Crippen LogP contribution in [0.1, 0.15) is 18.4 Å². The molecule has 0 amide bonds. The van der Waals surface area contributed by atoms with E-state index < -0.39 is 0 Å². The Kier molecular flexibility index (Phi) is 2.13. The van der Waals surface area contributed by atoms with Gasteiger partial charge in [0, 0.05) is 18.8 Å². The van der Waals surface area contributed by atoms with Crippen molar-refractivity contribution in [2.75, 3.05) is 12.4 Å². The number of ether oxygens (including phenoxy) is 1. The van der Waals surface area contributed by atoms with Gasteiger partial charge in [0.15, 0.2) is 0 Å². The molecule has 1 aromatic rings. The molecular formula is C11H15NO. The van der Waals surface area contributed by atoms with Gasteiger partial charge in [-0.3, -0.25) is 0 Å². The quantitative estimate of drug-likeness (QED) is 0.766. The Morgan fingerprint density at radius 3 is 2.77 bits per heavy atom. The van der Waals surface area contributed by atoms with Crippen LogP contribution in [0.15, 0.2) is 18.2 Å². The van der Waals surface area contributed by atoms with E-state index in [1.807, 2.05) is 13.1 Å². The van der Waals surface area contributed by atoms with E-state index in [4.69, 9.17) is 4.74 Å². The van der Waals surface area contributed by atoms with Gasteiger partial charge in [-0.2, -0.15) is 0 Å². The van der Waals surface area contributed by atoms with E-state index in [2.05, 4.69) is 24.4 Å². The second-order valence-electron chi connectivity index (χ2n) is 3.54. The SMILES string of the molecule is CNc1cc(OC2CC2)ccc1C. The molecule has 2 rings (SSSR count). The number of rotatable bonds is 3. The van der Waals surface area contributed by atoms with Gasteiger partial charge in [0.1, 0.15) is 5.75 Å². The molecule has 0 heterocycles. The number of benzene rings is 1. The van der Waals surface area contributed by atoms with E-state index in [-0.39, 0.29) is 0 Å². The lowest BCUT2D eigenvalue weighted by Gasteiger charge is -2.09. The Labute approximate surface area is 78.9 Å². The highest BCUT2D eigenvalue weighted by atomic mass is 16.5. The molecule has 0 atom stereocenters. The van der Waals surface area contributed by atoms with Crippen LogP contribution < -0.4 is 10.1 Å². The molecule has 1 saturated carbocycles. The molecule has 0 saturated heterocycles. The molecule has 1 aliphatic rings. The van der Waals surface area contributed by atoms with Crippen LogP contribution in [0.5, 0.6) is 5.75 Å². The van der Waals surface area contributed by atoms with Crippen molar-refractivity contribution in [2.24, 2.45) is 0 Å². The lowest BCUT2D eigenvalue weighted by atomic mass is 10.2. The van der Waals surface area contributed by atoms with Gasteiger partial charge in [0.05, 0.1) is 6.10 Å². The Morgan fingerprint density at radius 1 is 1.38 bits per heavy atom. The molecule has 13 heavy (non-hydrogen) atoms. The number of anilines is 1. The van der Waals surface area contributed by atoms with E-state index in [0.29, 0.717) is 6.10 Å². The smallest absolute Gasteiger partial charge is 0.121 e. The zero-order valence-corrected chi connectivity index (χ0v) is 8.13. The summed E-state index contributed by atoms with van der Waals surface area (Å²) in [6, 6.07) is 6.19. The van der Waals surface area contributed by atoms with Crippen molar-refractivity contribution < 1.29 is 4.74 Å². The molecule has 2 heteroatoms. The summed E-state index contributed by atoms with van der Waals surface area (Å²) in [7, 11) is 1.93. The molecule has 0 radical (unpaired) electrons. The fraction of sp³-hybridized carbons (Fsp3) is 0.455. The third kappa shape index (κ3) is 1.94.